The molecule has 3 rings (SSSR count). The highest BCUT2D eigenvalue weighted by Gasteiger charge is 2.14. The first-order valence-electron chi connectivity index (χ1n) is 6.31. The fourth-order valence-corrected chi connectivity index (χ4v) is 3.17. The van der Waals surface area contributed by atoms with E-state index >= 15 is 0 Å². The first-order valence-corrected chi connectivity index (χ1v) is 7.19. The van der Waals surface area contributed by atoms with Crippen molar-refractivity contribution in [3.8, 4) is 0 Å². The maximum absolute atomic E-state index is 4.59. The lowest BCUT2D eigenvalue weighted by molar-refractivity contribution is 0.542. The quantitative estimate of drug-likeness (QED) is 0.769. The fraction of sp³-hybridized carbons (Fsp3) is 0.385. The van der Waals surface area contributed by atoms with E-state index in [1.807, 2.05) is 6.20 Å². The van der Waals surface area contributed by atoms with E-state index in [0.29, 0.717) is 0 Å². The summed E-state index contributed by atoms with van der Waals surface area (Å²) >= 11 is 1.69. The van der Waals surface area contributed by atoms with Crippen molar-refractivity contribution in [3.05, 3.63) is 40.7 Å². The van der Waals surface area contributed by atoms with E-state index < -0.39 is 0 Å². The van der Waals surface area contributed by atoms with Gasteiger partial charge in [0.2, 0.25) is 0 Å². The minimum atomic E-state index is 0.193. The third-order valence-corrected chi connectivity index (χ3v) is 4.28. The molecule has 1 unspecified atom stereocenters. The van der Waals surface area contributed by atoms with E-state index in [1.165, 1.54) is 11.4 Å². The van der Waals surface area contributed by atoms with Crippen LogP contribution in [0.2, 0.25) is 0 Å². The van der Waals surface area contributed by atoms with Gasteiger partial charge in [-0.15, -0.1) is 11.3 Å². The van der Waals surface area contributed by atoms with Gasteiger partial charge >= 0.3 is 0 Å². The molecule has 1 atom stereocenters. The molecule has 5 nitrogen and oxygen atoms in total. The molecule has 0 aliphatic carbocycles. The van der Waals surface area contributed by atoms with Crippen LogP contribution in [0, 0.1) is 13.8 Å². The van der Waals surface area contributed by atoms with Crippen LogP contribution in [-0.2, 0) is 6.54 Å². The first kappa shape index (κ1) is 12.4. The summed E-state index contributed by atoms with van der Waals surface area (Å²) in [6.45, 7) is 7.07. The summed E-state index contributed by atoms with van der Waals surface area (Å²) in [5, 5.41) is 5.63. The van der Waals surface area contributed by atoms with Gasteiger partial charge in [0.1, 0.15) is 5.82 Å². The van der Waals surface area contributed by atoms with Crippen molar-refractivity contribution in [1.82, 2.24) is 24.7 Å². The Bertz CT molecular complexity index is 679. The molecule has 0 amide bonds. The van der Waals surface area contributed by atoms with Crippen LogP contribution >= 0.6 is 11.3 Å². The zero-order chi connectivity index (χ0) is 13.4. The van der Waals surface area contributed by atoms with Gasteiger partial charge in [0.15, 0.2) is 4.96 Å². The van der Waals surface area contributed by atoms with E-state index in [-0.39, 0.29) is 6.04 Å². The molecule has 2 N–H and O–H groups in total. The summed E-state index contributed by atoms with van der Waals surface area (Å²) in [7, 11) is 0. The molecule has 0 aromatic carbocycles. The Morgan fingerprint density at radius 3 is 3.05 bits per heavy atom. The van der Waals surface area contributed by atoms with Crippen LogP contribution in [0.5, 0.6) is 0 Å². The van der Waals surface area contributed by atoms with Crippen LogP contribution in [0.1, 0.15) is 35.9 Å². The van der Waals surface area contributed by atoms with Gasteiger partial charge in [-0.2, -0.15) is 0 Å². The van der Waals surface area contributed by atoms with Crippen molar-refractivity contribution < 1.29 is 0 Å². The lowest BCUT2D eigenvalue weighted by Crippen LogP contribution is -2.20. The highest BCUT2D eigenvalue weighted by atomic mass is 32.1. The van der Waals surface area contributed by atoms with Crippen LogP contribution in [0.15, 0.2) is 17.8 Å². The Morgan fingerprint density at radius 1 is 1.47 bits per heavy atom. The average molecular weight is 275 g/mol. The molecule has 100 valence electrons. The lowest BCUT2D eigenvalue weighted by atomic mass is 10.3. The molecular weight excluding hydrogens is 258 g/mol. The van der Waals surface area contributed by atoms with Gasteiger partial charge in [-0.3, -0.25) is 4.40 Å². The molecule has 0 bridgehead atoms. The standard InChI is InChI=1S/C13H17N5S/c1-8-7-19-13-17-9(2)11(18(8)13)6-16-10(3)12-14-4-5-15-12/h4-5,7,10,16H,6H2,1-3H3,(H,14,15). The zero-order valence-electron chi connectivity index (χ0n) is 11.3. The number of hydrogen-bond acceptors (Lipinski definition) is 4. The number of aromatic nitrogens is 4. The number of nitrogens with one attached hydrogen (secondary N) is 2. The van der Waals surface area contributed by atoms with Gasteiger partial charge in [-0.25, -0.2) is 9.97 Å². The minimum absolute atomic E-state index is 0.193. The SMILES string of the molecule is Cc1nc2scc(C)n2c1CNC(C)c1ncc[nH]1. The topological polar surface area (TPSA) is 58.0 Å². The first-order chi connectivity index (χ1) is 9.16. The van der Waals surface area contributed by atoms with Gasteiger partial charge in [-0.05, 0) is 20.8 Å². The molecule has 0 radical (unpaired) electrons. The summed E-state index contributed by atoms with van der Waals surface area (Å²) in [5.41, 5.74) is 3.56. The Kier molecular flexibility index (Phi) is 3.12. The van der Waals surface area contributed by atoms with Crippen molar-refractivity contribution in [3.63, 3.8) is 0 Å². The molecule has 0 aliphatic rings. The number of aryl methyl sites for hydroxylation is 2. The van der Waals surface area contributed by atoms with Crippen LogP contribution in [-0.4, -0.2) is 19.4 Å². The number of thiazole rings is 1. The normalized spacial score (nSPS) is 13.2. The number of hydrogen-bond donors (Lipinski definition) is 2. The van der Waals surface area contributed by atoms with Crippen LogP contribution in [0.3, 0.4) is 0 Å². The zero-order valence-corrected chi connectivity index (χ0v) is 12.1. The number of H-pyrrole nitrogens is 1. The summed E-state index contributed by atoms with van der Waals surface area (Å²) in [4.78, 5) is 13.1. The highest BCUT2D eigenvalue weighted by Crippen LogP contribution is 2.20. The van der Waals surface area contributed by atoms with E-state index in [9.17, 15) is 0 Å². The number of rotatable bonds is 4. The van der Waals surface area contributed by atoms with Gasteiger partial charge in [0.05, 0.1) is 17.4 Å². The van der Waals surface area contributed by atoms with Gasteiger partial charge in [0, 0.05) is 30.0 Å². The maximum atomic E-state index is 4.59. The number of aromatic amines is 1. The summed E-state index contributed by atoms with van der Waals surface area (Å²) < 4.78 is 2.22. The van der Waals surface area contributed by atoms with Gasteiger partial charge < -0.3 is 10.3 Å². The van der Waals surface area contributed by atoms with Crippen LogP contribution in [0.25, 0.3) is 4.96 Å². The molecule has 0 fully saturated rings. The second kappa shape index (κ2) is 4.79. The van der Waals surface area contributed by atoms with Crippen molar-refractivity contribution in [2.75, 3.05) is 0 Å². The van der Waals surface area contributed by atoms with Gasteiger partial charge in [0.25, 0.3) is 0 Å². The van der Waals surface area contributed by atoms with E-state index in [4.69, 9.17) is 0 Å². The third-order valence-electron chi connectivity index (χ3n) is 3.34. The number of nitrogens with zero attached hydrogens (tertiary/aromatic N) is 3. The second-order valence-corrected chi connectivity index (χ2v) is 5.55. The fourth-order valence-electron chi connectivity index (χ4n) is 2.24. The van der Waals surface area contributed by atoms with Gasteiger partial charge in [-0.1, -0.05) is 0 Å². The Balaban J connectivity index is 1.82. The number of imidazole rings is 2. The molecule has 0 saturated carbocycles. The molecule has 3 aromatic rings. The largest absolute Gasteiger partial charge is 0.347 e. The Labute approximate surface area is 115 Å². The molecule has 3 heterocycles. The molecule has 0 aliphatic heterocycles. The van der Waals surface area contributed by atoms with Crippen molar-refractivity contribution in [2.45, 2.75) is 33.4 Å². The molecule has 3 aromatic heterocycles. The summed E-state index contributed by atoms with van der Waals surface area (Å²) in [5.74, 6) is 0.959. The molecule has 6 heteroatoms. The summed E-state index contributed by atoms with van der Waals surface area (Å²) in [6, 6.07) is 0.193. The highest BCUT2D eigenvalue weighted by molar-refractivity contribution is 7.15. The third kappa shape index (κ3) is 2.17. The van der Waals surface area contributed by atoms with Crippen molar-refractivity contribution >= 4 is 16.3 Å². The monoisotopic (exact) mass is 275 g/mol. The number of fused-ring (bicyclic) bond motifs is 1. The van der Waals surface area contributed by atoms with E-state index in [0.717, 1.165) is 23.0 Å². The van der Waals surface area contributed by atoms with Crippen molar-refractivity contribution in [1.29, 1.82) is 0 Å². The maximum Gasteiger partial charge on any atom is 0.194 e. The predicted octanol–water partition coefficient (Wildman–Crippen LogP) is 2.59. The minimum Gasteiger partial charge on any atom is -0.347 e. The lowest BCUT2D eigenvalue weighted by Gasteiger charge is -2.11. The molecule has 0 spiro atoms. The average Bonchev–Trinajstić information content (AvgIpc) is 3.07. The van der Waals surface area contributed by atoms with Crippen LogP contribution in [0.4, 0.5) is 0 Å². The van der Waals surface area contributed by atoms with Crippen molar-refractivity contribution in [2.24, 2.45) is 0 Å². The molecule has 19 heavy (non-hydrogen) atoms. The smallest absolute Gasteiger partial charge is 0.194 e. The summed E-state index contributed by atoms with van der Waals surface area (Å²) in [6.07, 6.45) is 3.62. The Morgan fingerprint density at radius 2 is 2.32 bits per heavy atom. The van der Waals surface area contributed by atoms with E-state index in [2.05, 4.69) is 50.8 Å². The second-order valence-electron chi connectivity index (χ2n) is 4.72. The predicted molar refractivity (Wildman–Crippen MR) is 76.4 cm³/mol. The molecular formula is C13H17N5S. The molecule has 0 saturated heterocycles. The van der Waals surface area contributed by atoms with Crippen LogP contribution < -0.4 is 5.32 Å². The van der Waals surface area contributed by atoms with E-state index in [1.54, 1.807) is 17.5 Å². The Hall–Kier alpha value is -1.66.